The van der Waals surface area contributed by atoms with Crippen LogP contribution >= 0.6 is 0 Å². The summed E-state index contributed by atoms with van der Waals surface area (Å²) in [5, 5.41) is 3.44. The number of aryl methyl sites for hydroxylation is 4. The first-order valence-electron chi connectivity index (χ1n) is 8.80. The van der Waals surface area contributed by atoms with Crippen LogP contribution < -0.4 is 5.32 Å². The van der Waals surface area contributed by atoms with E-state index in [9.17, 15) is 0 Å². The van der Waals surface area contributed by atoms with Crippen LogP contribution in [-0.2, 0) is 0 Å². The number of nitrogens with zero attached hydrogens (tertiary/aromatic N) is 2. The summed E-state index contributed by atoms with van der Waals surface area (Å²) < 4.78 is 0. The fourth-order valence-electron chi connectivity index (χ4n) is 2.85. The molecule has 0 aliphatic heterocycles. The van der Waals surface area contributed by atoms with Crippen LogP contribution in [0, 0.1) is 27.7 Å². The summed E-state index contributed by atoms with van der Waals surface area (Å²) in [5.41, 5.74) is 9.19. The average Bonchev–Trinajstić information content (AvgIpc) is 2.55. The maximum absolute atomic E-state index is 4.78. The highest BCUT2D eigenvalue weighted by Gasteiger charge is 2.03. The molecular weight excluding hydrogens is 306 g/mol. The van der Waals surface area contributed by atoms with Crippen LogP contribution in [0.5, 0.6) is 0 Å². The van der Waals surface area contributed by atoms with Gasteiger partial charge in [0.15, 0.2) is 0 Å². The zero-order chi connectivity index (χ0) is 18.4. The highest BCUT2D eigenvalue weighted by Crippen LogP contribution is 2.24. The van der Waals surface area contributed by atoms with E-state index in [0.29, 0.717) is 0 Å². The third-order valence-electron chi connectivity index (χ3n) is 4.25. The lowest BCUT2D eigenvalue weighted by Gasteiger charge is -2.09. The molecule has 1 N–H and O–H groups in total. The van der Waals surface area contributed by atoms with Gasteiger partial charge in [-0.3, -0.25) is 9.98 Å². The molecule has 0 aliphatic carbocycles. The summed E-state index contributed by atoms with van der Waals surface area (Å²) >= 11 is 0. The Morgan fingerprint density at radius 2 is 1.00 bits per heavy atom. The van der Waals surface area contributed by atoms with Gasteiger partial charge in [0.2, 0.25) is 0 Å². The molecule has 0 atom stereocenters. The molecule has 0 saturated heterocycles. The first-order chi connectivity index (χ1) is 11.9. The van der Waals surface area contributed by atoms with Crippen LogP contribution in [0.15, 0.2) is 46.4 Å². The first-order valence-corrected chi connectivity index (χ1v) is 8.80. The van der Waals surface area contributed by atoms with E-state index >= 15 is 0 Å². The molecule has 2 aromatic carbocycles. The largest absolute Gasteiger partial charge is 0.306 e. The Bertz CT molecular complexity index is 693. The molecule has 0 aromatic heterocycles. The quantitative estimate of drug-likeness (QED) is 0.706. The number of benzene rings is 2. The molecule has 25 heavy (non-hydrogen) atoms. The highest BCUT2D eigenvalue weighted by atomic mass is 14.9. The lowest BCUT2D eigenvalue weighted by atomic mass is 10.1. The third-order valence-corrected chi connectivity index (χ3v) is 4.25. The van der Waals surface area contributed by atoms with Gasteiger partial charge >= 0.3 is 0 Å². The Morgan fingerprint density at radius 3 is 1.32 bits per heavy atom. The van der Waals surface area contributed by atoms with Gasteiger partial charge in [0.1, 0.15) is 0 Å². The van der Waals surface area contributed by atoms with E-state index in [1.165, 1.54) is 22.3 Å². The summed E-state index contributed by atoms with van der Waals surface area (Å²) in [6, 6.07) is 12.6. The van der Waals surface area contributed by atoms with Crippen molar-refractivity contribution in [3.8, 4) is 0 Å². The Labute approximate surface area is 151 Å². The van der Waals surface area contributed by atoms with Gasteiger partial charge in [-0.2, -0.15) is 0 Å². The molecule has 3 heteroatoms. The van der Waals surface area contributed by atoms with Crippen LogP contribution in [0.25, 0.3) is 0 Å². The van der Waals surface area contributed by atoms with Crippen molar-refractivity contribution < 1.29 is 0 Å². The first kappa shape index (κ1) is 19.1. The Hall–Kier alpha value is -2.26. The van der Waals surface area contributed by atoms with Crippen LogP contribution in [0.1, 0.15) is 36.1 Å². The van der Waals surface area contributed by atoms with Crippen molar-refractivity contribution in [3.05, 3.63) is 58.7 Å². The zero-order valence-electron chi connectivity index (χ0n) is 16.3. The molecule has 0 amide bonds. The van der Waals surface area contributed by atoms with Gasteiger partial charge in [0, 0.05) is 24.5 Å². The lowest BCUT2D eigenvalue weighted by Crippen LogP contribution is -2.26. The van der Waals surface area contributed by atoms with Crippen LogP contribution in [0.3, 0.4) is 0 Å². The molecular formula is C22H29N3. The molecule has 0 unspecified atom stereocenters. The Balaban J connectivity index is 1.98. The van der Waals surface area contributed by atoms with Crippen molar-refractivity contribution in [2.45, 2.75) is 41.5 Å². The monoisotopic (exact) mass is 335 g/mol. The molecule has 0 saturated carbocycles. The SMILES string of the molecule is CC(CNCC(C)=Nc1c(C)cccc1C)=Nc1c(C)cccc1C. The minimum atomic E-state index is 0.757. The van der Waals surface area contributed by atoms with Crippen LogP contribution in [0.2, 0.25) is 0 Å². The molecule has 2 rings (SSSR count). The number of nitrogens with one attached hydrogen (secondary N) is 1. The fourth-order valence-corrected chi connectivity index (χ4v) is 2.85. The Kier molecular flexibility index (Phi) is 6.65. The summed E-state index contributed by atoms with van der Waals surface area (Å²) in [7, 11) is 0. The molecule has 0 aliphatic rings. The number of aliphatic imine (C=N–C) groups is 2. The number of para-hydroxylation sites is 2. The maximum atomic E-state index is 4.78. The second-order valence-corrected chi connectivity index (χ2v) is 6.78. The van der Waals surface area contributed by atoms with Crippen LogP contribution in [-0.4, -0.2) is 24.5 Å². The smallest absolute Gasteiger partial charge is 0.0687 e. The van der Waals surface area contributed by atoms with Gasteiger partial charge in [0.05, 0.1) is 11.4 Å². The minimum absolute atomic E-state index is 0.757. The fraction of sp³-hybridized carbons (Fsp3) is 0.364. The van der Waals surface area contributed by atoms with Crippen LogP contribution in [0.4, 0.5) is 11.4 Å². The van der Waals surface area contributed by atoms with E-state index in [0.717, 1.165) is 35.9 Å². The van der Waals surface area contributed by atoms with Crippen molar-refractivity contribution in [2.24, 2.45) is 9.98 Å². The van der Waals surface area contributed by atoms with Crippen molar-refractivity contribution in [1.29, 1.82) is 0 Å². The predicted octanol–water partition coefficient (Wildman–Crippen LogP) is 5.39. The molecule has 3 nitrogen and oxygen atoms in total. The predicted molar refractivity (Wildman–Crippen MR) is 110 cm³/mol. The van der Waals surface area contributed by atoms with Gasteiger partial charge < -0.3 is 5.32 Å². The van der Waals surface area contributed by atoms with Gasteiger partial charge in [0.25, 0.3) is 0 Å². The van der Waals surface area contributed by atoms with E-state index in [-0.39, 0.29) is 0 Å². The average molecular weight is 335 g/mol. The highest BCUT2D eigenvalue weighted by molar-refractivity contribution is 5.89. The van der Waals surface area contributed by atoms with Crippen molar-refractivity contribution in [3.63, 3.8) is 0 Å². The van der Waals surface area contributed by atoms with E-state index in [4.69, 9.17) is 9.98 Å². The van der Waals surface area contributed by atoms with Crippen molar-refractivity contribution >= 4 is 22.8 Å². The number of hydrogen-bond donors (Lipinski definition) is 1. The van der Waals surface area contributed by atoms with E-state index in [2.05, 4.69) is 83.3 Å². The van der Waals surface area contributed by atoms with Crippen molar-refractivity contribution in [2.75, 3.05) is 13.1 Å². The second-order valence-electron chi connectivity index (χ2n) is 6.78. The number of rotatable bonds is 6. The Morgan fingerprint density at radius 1 is 0.680 bits per heavy atom. The normalized spacial score (nSPS) is 12.6. The van der Waals surface area contributed by atoms with E-state index < -0.39 is 0 Å². The van der Waals surface area contributed by atoms with Gasteiger partial charge in [-0.1, -0.05) is 36.4 Å². The maximum Gasteiger partial charge on any atom is 0.0687 e. The molecule has 0 spiro atoms. The minimum Gasteiger partial charge on any atom is -0.306 e. The van der Waals surface area contributed by atoms with Gasteiger partial charge in [-0.25, -0.2) is 0 Å². The standard InChI is InChI=1S/C22H29N3/c1-15-9-7-10-16(2)21(15)24-19(5)13-23-14-20(6)25-22-17(3)11-8-12-18(22)4/h7-12,23H,13-14H2,1-6H3. The molecule has 2 aromatic rings. The van der Waals surface area contributed by atoms with E-state index in [1.807, 2.05) is 0 Å². The van der Waals surface area contributed by atoms with Gasteiger partial charge in [-0.15, -0.1) is 0 Å². The van der Waals surface area contributed by atoms with Gasteiger partial charge in [-0.05, 0) is 63.8 Å². The summed E-state index contributed by atoms with van der Waals surface area (Å²) in [6.45, 7) is 14.1. The molecule has 0 bridgehead atoms. The topological polar surface area (TPSA) is 36.8 Å². The molecule has 0 heterocycles. The molecule has 0 radical (unpaired) electrons. The zero-order valence-corrected chi connectivity index (χ0v) is 16.3. The lowest BCUT2D eigenvalue weighted by molar-refractivity contribution is 0.881. The second kappa shape index (κ2) is 8.72. The number of hydrogen-bond acceptors (Lipinski definition) is 3. The summed E-state index contributed by atoms with van der Waals surface area (Å²) in [6.07, 6.45) is 0. The summed E-state index contributed by atoms with van der Waals surface area (Å²) in [5.74, 6) is 0. The summed E-state index contributed by atoms with van der Waals surface area (Å²) in [4.78, 5) is 9.56. The third kappa shape index (κ3) is 5.36. The van der Waals surface area contributed by atoms with E-state index in [1.54, 1.807) is 0 Å². The molecule has 0 fully saturated rings. The molecule has 132 valence electrons. The van der Waals surface area contributed by atoms with Crippen molar-refractivity contribution in [1.82, 2.24) is 5.32 Å².